The van der Waals surface area contributed by atoms with Crippen LogP contribution in [0, 0.1) is 0 Å². The van der Waals surface area contributed by atoms with Gasteiger partial charge in [-0.15, -0.1) is 0 Å². The molecule has 0 aromatic heterocycles. The molecular weight excluding hydrogens is 178 g/mol. The summed E-state index contributed by atoms with van der Waals surface area (Å²) in [5.74, 6) is -1.12. The first kappa shape index (κ1) is 9.79. The number of ether oxygens (including phenoxy) is 1. The fraction of sp³-hybridized carbons (Fsp3) is 0.714. The highest BCUT2D eigenvalue weighted by molar-refractivity contribution is 5.80. The van der Waals surface area contributed by atoms with Crippen LogP contribution in [0.15, 0.2) is 0 Å². The molecule has 6 nitrogen and oxygen atoms in total. The van der Waals surface area contributed by atoms with Crippen molar-refractivity contribution in [3.63, 3.8) is 0 Å². The van der Waals surface area contributed by atoms with E-state index >= 15 is 0 Å². The van der Waals surface area contributed by atoms with E-state index in [1.807, 2.05) is 0 Å². The Balaban J connectivity index is 2.71. The number of hydrogen-bond acceptors (Lipinski definition) is 4. The zero-order chi connectivity index (χ0) is 10.0. The normalized spacial score (nSPS) is 27.4. The summed E-state index contributed by atoms with van der Waals surface area (Å²) in [5, 5.41) is 17.8. The first-order valence-electron chi connectivity index (χ1n) is 3.81. The molecule has 74 valence electrons. The molecule has 1 aliphatic rings. The zero-order valence-corrected chi connectivity index (χ0v) is 7.14. The lowest BCUT2D eigenvalue weighted by Gasteiger charge is -2.18. The number of carboxylic acid groups (broad SMARTS) is 1. The summed E-state index contributed by atoms with van der Waals surface area (Å²) in [6.45, 7) is 0.0175. The summed E-state index contributed by atoms with van der Waals surface area (Å²) >= 11 is 0. The van der Waals surface area contributed by atoms with Crippen molar-refractivity contribution in [2.24, 2.45) is 0 Å². The first-order chi connectivity index (χ1) is 6.06. The van der Waals surface area contributed by atoms with Crippen molar-refractivity contribution in [3.8, 4) is 0 Å². The van der Waals surface area contributed by atoms with Gasteiger partial charge in [-0.1, -0.05) is 0 Å². The summed E-state index contributed by atoms with van der Waals surface area (Å²) in [7, 11) is 1.17. The molecule has 2 N–H and O–H groups in total. The van der Waals surface area contributed by atoms with Crippen LogP contribution in [-0.2, 0) is 9.53 Å². The van der Waals surface area contributed by atoms with Crippen LogP contribution in [0.5, 0.6) is 0 Å². The third kappa shape index (κ3) is 1.89. The van der Waals surface area contributed by atoms with Gasteiger partial charge in [0, 0.05) is 6.42 Å². The predicted molar refractivity (Wildman–Crippen MR) is 41.2 cm³/mol. The van der Waals surface area contributed by atoms with Gasteiger partial charge in [0.2, 0.25) is 0 Å². The Morgan fingerprint density at radius 1 is 1.54 bits per heavy atom. The van der Waals surface area contributed by atoms with Crippen LogP contribution < -0.4 is 0 Å². The molecule has 0 radical (unpaired) electrons. The molecule has 1 fully saturated rings. The van der Waals surface area contributed by atoms with E-state index < -0.39 is 24.2 Å². The van der Waals surface area contributed by atoms with Crippen molar-refractivity contribution in [2.45, 2.75) is 18.6 Å². The molecule has 0 aliphatic carbocycles. The standard InChI is InChI=1S/C7H11NO5/c1-13-7(12)8-3-4(9)2-5(8)6(10)11/h4-5,9H,2-3H2,1H3,(H,10,11)/t4-,5-/m0/s1. The molecule has 6 heteroatoms. The Kier molecular flexibility index (Phi) is 2.72. The number of aliphatic hydroxyl groups excluding tert-OH is 1. The van der Waals surface area contributed by atoms with Gasteiger partial charge in [0.05, 0.1) is 19.8 Å². The molecule has 0 bridgehead atoms. The number of carbonyl (C=O) groups excluding carboxylic acids is 1. The second-order valence-electron chi connectivity index (χ2n) is 2.87. The van der Waals surface area contributed by atoms with E-state index in [4.69, 9.17) is 10.2 Å². The van der Waals surface area contributed by atoms with Gasteiger partial charge in [-0.05, 0) is 0 Å². The molecule has 0 aromatic carbocycles. The van der Waals surface area contributed by atoms with Crippen molar-refractivity contribution in [3.05, 3.63) is 0 Å². The number of carbonyl (C=O) groups is 2. The summed E-state index contributed by atoms with van der Waals surface area (Å²) < 4.78 is 4.38. The number of nitrogens with zero attached hydrogens (tertiary/aromatic N) is 1. The van der Waals surface area contributed by atoms with Crippen molar-refractivity contribution < 1.29 is 24.5 Å². The van der Waals surface area contributed by atoms with Crippen molar-refractivity contribution in [2.75, 3.05) is 13.7 Å². The van der Waals surface area contributed by atoms with E-state index in [2.05, 4.69) is 4.74 Å². The van der Waals surface area contributed by atoms with E-state index in [0.29, 0.717) is 0 Å². The largest absolute Gasteiger partial charge is 0.480 e. The maximum atomic E-state index is 11.0. The summed E-state index contributed by atoms with van der Waals surface area (Å²) in [4.78, 5) is 22.6. The molecule has 0 saturated carbocycles. The summed E-state index contributed by atoms with van der Waals surface area (Å²) in [5.41, 5.74) is 0. The van der Waals surface area contributed by atoms with Crippen LogP contribution in [0.3, 0.4) is 0 Å². The lowest BCUT2D eigenvalue weighted by molar-refractivity contribution is -0.141. The van der Waals surface area contributed by atoms with Gasteiger partial charge in [-0.3, -0.25) is 4.90 Å². The van der Waals surface area contributed by atoms with Crippen LogP contribution in [0.1, 0.15) is 6.42 Å². The number of β-amino-alcohol motifs (C(OH)–C–C–N with tert-alkyl or cyclic N) is 1. The third-order valence-corrected chi connectivity index (χ3v) is 1.97. The van der Waals surface area contributed by atoms with E-state index in [1.54, 1.807) is 0 Å². The van der Waals surface area contributed by atoms with E-state index in [0.717, 1.165) is 4.90 Å². The highest BCUT2D eigenvalue weighted by Crippen LogP contribution is 2.18. The molecule has 1 aliphatic heterocycles. The average molecular weight is 189 g/mol. The summed E-state index contributed by atoms with van der Waals surface area (Å²) in [6, 6.07) is -0.970. The molecule has 2 atom stereocenters. The number of carboxylic acids is 1. The first-order valence-corrected chi connectivity index (χ1v) is 3.81. The fourth-order valence-electron chi connectivity index (χ4n) is 1.37. The third-order valence-electron chi connectivity index (χ3n) is 1.97. The quantitative estimate of drug-likeness (QED) is 0.568. The lowest BCUT2D eigenvalue weighted by Crippen LogP contribution is -2.40. The van der Waals surface area contributed by atoms with Crippen LogP contribution in [0.2, 0.25) is 0 Å². The minimum absolute atomic E-state index is 0.0175. The minimum Gasteiger partial charge on any atom is -0.480 e. The van der Waals surface area contributed by atoms with Crippen LogP contribution in [-0.4, -0.2) is 53.0 Å². The number of amides is 1. The number of likely N-dealkylation sites (tertiary alicyclic amines) is 1. The highest BCUT2D eigenvalue weighted by atomic mass is 16.5. The summed E-state index contributed by atoms with van der Waals surface area (Å²) in [6.07, 6.45) is -1.44. The molecule has 1 amide bonds. The van der Waals surface area contributed by atoms with E-state index in [1.165, 1.54) is 7.11 Å². The number of rotatable bonds is 1. The maximum absolute atomic E-state index is 11.0. The van der Waals surface area contributed by atoms with Crippen LogP contribution >= 0.6 is 0 Å². The maximum Gasteiger partial charge on any atom is 0.410 e. The fourth-order valence-corrected chi connectivity index (χ4v) is 1.37. The average Bonchev–Trinajstić information content (AvgIpc) is 2.46. The number of aliphatic carboxylic acids is 1. The number of aliphatic hydroxyl groups is 1. The smallest absolute Gasteiger partial charge is 0.410 e. The van der Waals surface area contributed by atoms with Crippen molar-refractivity contribution in [1.82, 2.24) is 4.90 Å². The molecule has 13 heavy (non-hydrogen) atoms. The lowest BCUT2D eigenvalue weighted by atomic mass is 10.2. The van der Waals surface area contributed by atoms with Gasteiger partial charge < -0.3 is 14.9 Å². The van der Waals surface area contributed by atoms with Crippen molar-refractivity contribution >= 4 is 12.1 Å². The molecule has 1 rings (SSSR count). The number of hydrogen-bond donors (Lipinski definition) is 2. The van der Waals surface area contributed by atoms with E-state index in [9.17, 15) is 9.59 Å². The predicted octanol–water partition coefficient (Wildman–Crippen LogP) is -0.727. The molecular formula is C7H11NO5. The molecule has 1 saturated heterocycles. The second kappa shape index (κ2) is 3.61. The van der Waals surface area contributed by atoms with Gasteiger partial charge in [-0.25, -0.2) is 9.59 Å². The van der Waals surface area contributed by atoms with Gasteiger partial charge in [0.1, 0.15) is 6.04 Å². The van der Waals surface area contributed by atoms with Gasteiger partial charge >= 0.3 is 12.1 Å². The Labute approximate surface area is 74.7 Å². The van der Waals surface area contributed by atoms with Crippen LogP contribution in [0.25, 0.3) is 0 Å². The highest BCUT2D eigenvalue weighted by Gasteiger charge is 2.39. The second-order valence-corrected chi connectivity index (χ2v) is 2.87. The number of methoxy groups -OCH3 is 1. The molecule has 0 unspecified atom stereocenters. The zero-order valence-electron chi connectivity index (χ0n) is 7.14. The Hall–Kier alpha value is -1.30. The van der Waals surface area contributed by atoms with Gasteiger partial charge in [0.25, 0.3) is 0 Å². The minimum atomic E-state index is -1.12. The molecule has 0 aromatic rings. The Morgan fingerprint density at radius 3 is 2.62 bits per heavy atom. The van der Waals surface area contributed by atoms with Gasteiger partial charge in [0.15, 0.2) is 0 Å². The Bertz CT molecular complexity index is 229. The molecule has 1 heterocycles. The monoisotopic (exact) mass is 189 g/mol. The Morgan fingerprint density at radius 2 is 2.15 bits per heavy atom. The SMILES string of the molecule is COC(=O)N1C[C@@H](O)C[C@H]1C(=O)O. The van der Waals surface area contributed by atoms with E-state index in [-0.39, 0.29) is 13.0 Å². The topological polar surface area (TPSA) is 87.1 Å². The van der Waals surface area contributed by atoms with Gasteiger partial charge in [-0.2, -0.15) is 0 Å². The molecule has 0 spiro atoms. The van der Waals surface area contributed by atoms with Crippen molar-refractivity contribution in [1.29, 1.82) is 0 Å². The van der Waals surface area contributed by atoms with Crippen LogP contribution in [0.4, 0.5) is 4.79 Å².